The third kappa shape index (κ3) is 2.24. The summed E-state index contributed by atoms with van der Waals surface area (Å²) in [7, 11) is 0. The van der Waals surface area contributed by atoms with E-state index >= 15 is 0 Å². The summed E-state index contributed by atoms with van der Waals surface area (Å²) in [5.41, 5.74) is 0.807. The number of halogens is 1. The number of likely N-dealkylation sites (tertiary alicyclic amines) is 1. The minimum absolute atomic E-state index is 0.0681. The number of thiophene rings is 1. The van der Waals surface area contributed by atoms with Crippen molar-refractivity contribution in [2.75, 3.05) is 6.54 Å². The molecular formula is C18H18FNO3S. The number of carboxylic acids is 1. The lowest BCUT2D eigenvalue weighted by Gasteiger charge is -2.24. The van der Waals surface area contributed by atoms with E-state index in [-0.39, 0.29) is 17.6 Å². The Morgan fingerprint density at radius 2 is 2.12 bits per heavy atom. The van der Waals surface area contributed by atoms with Crippen molar-refractivity contribution < 1.29 is 19.1 Å². The average molecular weight is 347 g/mol. The van der Waals surface area contributed by atoms with Gasteiger partial charge in [-0.15, -0.1) is 11.3 Å². The van der Waals surface area contributed by atoms with Gasteiger partial charge in [0.05, 0.1) is 4.88 Å². The number of aliphatic carboxylic acids is 1. The number of aryl methyl sites for hydroxylation is 1. The minimum atomic E-state index is -0.914. The van der Waals surface area contributed by atoms with Crippen LogP contribution in [0.3, 0.4) is 0 Å². The normalized spacial score (nSPS) is 26.1. The van der Waals surface area contributed by atoms with Gasteiger partial charge in [-0.1, -0.05) is 12.5 Å². The quantitative estimate of drug-likeness (QED) is 0.902. The van der Waals surface area contributed by atoms with Crippen LogP contribution in [0.5, 0.6) is 0 Å². The Kier molecular flexibility index (Phi) is 3.60. The highest BCUT2D eigenvalue weighted by Crippen LogP contribution is 2.43. The zero-order chi connectivity index (χ0) is 17.0. The number of amides is 1. The molecule has 3 unspecified atom stereocenters. The SMILES string of the molecule is Cc1c(C(=O)N2CC3CCCC3C2C(=O)O)sc2cc(F)ccc12. The van der Waals surface area contributed by atoms with Gasteiger partial charge in [-0.2, -0.15) is 0 Å². The summed E-state index contributed by atoms with van der Waals surface area (Å²) in [4.78, 5) is 26.9. The van der Waals surface area contributed by atoms with Crippen LogP contribution in [0.1, 0.15) is 34.5 Å². The predicted octanol–water partition coefficient (Wildman–Crippen LogP) is 3.67. The van der Waals surface area contributed by atoms with Gasteiger partial charge in [-0.25, -0.2) is 9.18 Å². The number of rotatable bonds is 2. The van der Waals surface area contributed by atoms with Gasteiger partial charge in [0, 0.05) is 11.2 Å². The van der Waals surface area contributed by atoms with Crippen LogP contribution < -0.4 is 0 Å². The fourth-order valence-corrected chi connectivity index (χ4v) is 5.55. The lowest BCUT2D eigenvalue weighted by Crippen LogP contribution is -2.43. The van der Waals surface area contributed by atoms with E-state index in [1.165, 1.54) is 28.4 Å². The zero-order valence-corrected chi connectivity index (χ0v) is 14.1. The van der Waals surface area contributed by atoms with Crippen molar-refractivity contribution in [3.63, 3.8) is 0 Å². The number of carbonyl (C=O) groups is 2. The Labute approximate surface area is 142 Å². The number of benzene rings is 1. The molecule has 2 fully saturated rings. The molecule has 1 aromatic heterocycles. The second-order valence-corrected chi connectivity index (χ2v) is 7.84. The highest BCUT2D eigenvalue weighted by molar-refractivity contribution is 7.21. The van der Waals surface area contributed by atoms with Crippen LogP contribution in [0.25, 0.3) is 10.1 Å². The van der Waals surface area contributed by atoms with Crippen molar-refractivity contribution >= 4 is 33.3 Å². The van der Waals surface area contributed by atoms with Crippen molar-refractivity contribution in [3.05, 3.63) is 34.5 Å². The number of fused-ring (bicyclic) bond motifs is 2. The number of carbonyl (C=O) groups excluding carboxylic acids is 1. The molecule has 1 aliphatic carbocycles. The molecule has 2 heterocycles. The summed E-state index contributed by atoms with van der Waals surface area (Å²) in [5.74, 6) is -1.11. The van der Waals surface area contributed by atoms with Gasteiger partial charge >= 0.3 is 5.97 Å². The summed E-state index contributed by atoms with van der Waals surface area (Å²) in [6.07, 6.45) is 2.92. The predicted molar refractivity (Wildman–Crippen MR) is 89.8 cm³/mol. The number of carboxylic acid groups (broad SMARTS) is 1. The summed E-state index contributed by atoms with van der Waals surface area (Å²) < 4.78 is 14.2. The Morgan fingerprint density at radius 3 is 2.88 bits per heavy atom. The van der Waals surface area contributed by atoms with Crippen molar-refractivity contribution in [1.29, 1.82) is 0 Å². The first-order chi connectivity index (χ1) is 11.5. The van der Waals surface area contributed by atoms with Crippen LogP contribution in [0.2, 0.25) is 0 Å². The van der Waals surface area contributed by atoms with Crippen LogP contribution in [-0.4, -0.2) is 34.5 Å². The third-order valence-corrected chi connectivity index (χ3v) is 6.74. The fraction of sp³-hybridized carbons (Fsp3) is 0.444. The number of nitrogens with zero attached hydrogens (tertiary/aromatic N) is 1. The van der Waals surface area contributed by atoms with E-state index in [2.05, 4.69) is 0 Å². The van der Waals surface area contributed by atoms with E-state index in [1.54, 1.807) is 6.07 Å². The van der Waals surface area contributed by atoms with Crippen molar-refractivity contribution in [2.45, 2.75) is 32.2 Å². The number of hydrogen-bond acceptors (Lipinski definition) is 3. The first-order valence-electron chi connectivity index (χ1n) is 8.20. The lowest BCUT2D eigenvalue weighted by atomic mass is 9.94. The zero-order valence-electron chi connectivity index (χ0n) is 13.3. The molecule has 4 nitrogen and oxygen atoms in total. The molecule has 1 saturated carbocycles. The molecule has 1 aliphatic heterocycles. The molecular weight excluding hydrogens is 329 g/mol. The third-order valence-electron chi connectivity index (χ3n) is 5.50. The highest BCUT2D eigenvalue weighted by atomic mass is 32.1. The van der Waals surface area contributed by atoms with Crippen molar-refractivity contribution in [2.24, 2.45) is 11.8 Å². The summed E-state index contributed by atoms with van der Waals surface area (Å²) in [5, 5.41) is 10.5. The standard InChI is InChI=1S/C18H18FNO3S/c1-9-12-6-5-11(19)7-14(12)24-16(9)17(21)20-8-10-3-2-4-13(10)15(20)18(22)23/h5-7,10,13,15H,2-4,8H2,1H3,(H,22,23). The molecule has 3 atom stereocenters. The Balaban J connectivity index is 1.73. The van der Waals surface area contributed by atoms with E-state index < -0.39 is 12.0 Å². The Bertz CT molecular complexity index is 846. The second-order valence-electron chi connectivity index (χ2n) is 6.79. The largest absolute Gasteiger partial charge is 0.480 e. The van der Waals surface area contributed by atoms with Crippen LogP contribution >= 0.6 is 11.3 Å². The molecule has 1 saturated heterocycles. The maximum absolute atomic E-state index is 13.4. The highest BCUT2D eigenvalue weighted by Gasteiger charge is 2.50. The summed E-state index contributed by atoms with van der Waals surface area (Å²) in [6.45, 7) is 2.36. The van der Waals surface area contributed by atoms with Gasteiger partial charge in [0.2, 0.25) is 0 Å². The van der Waals surface area contributed by atoms with E-state index in [0.717, 1.165) is 34.9 Å². The van der Waals surface area contributed by atoms with Crippen LogP contribution in [-0.2, 0) is 4.79 Å². The Morgan fingerprint density at radius 1 is 1.33 bits per heavy atom. The number of hydrogen-bond donors (Lipinski definition) is 1. The molecule has 2 aliphatic rings. The second kappa shape index (κ2) is 5.55. The maximum atomic E-state index is 13.4. The van der Waals surface area contributed by atoms with Crippen molar-refractivity contribution in [1.82, 2.24) is 4.90 Å². The molecule has 24 heavy (non-hydrogen) atoms. The topological polar surface area (TPSA) is 57.6 Å². The van der Waals surface area contributed by atoms with E-state index in [9.17, 15) is 19.1 Å². The van der Waals surface area contributed by atoms with E-state index in [0.29, 0.717) is 17.3 Å². The average Bonchev–Trinajstić information content (AvgIpc) is 3.18. The minimum Gasteiger partial charge on any atom is -0.480 e. The maximum Gasteiger partial charge on any atom is 0.326 e. The van der Waals surface area contributed by atoms with Gasteiger partial charge in [0.25, 0.3) is 5.91 Å². The van der Waals surface area contributed by atoms with Gasteiger partial charge in [-0.3, -0.25) is 4.79 Å². The first-order valence-corrected chi connectivity index (χ1v) is 9.01. The molecule has 0 spiro atoms. The fourth-order valence-electron chi connectivity index (χ4n) is 4.36. The van der Waals surface area contributed by atoms with Crippen molar-refractivity contribution in [3.8, 4) is 0 Å². The smallest absolute Gasteiger partial charge is 0.326 e. The summed E-state index contributed by atoms with van der Waals surface area (Å²) in [6, 6.07) is 3.76. The van der Waals surface area contributed by atoms with Gasteiger partial charge in [-0.05, 0) is 54.7 Å². The van der Waals surface area contributed by atoms with Crippen LogP contribution in [0.4, 0.5) is 4.39 Å². The van der Waals surface area contributed by atoms with Gasteiger partial charge < -0.3 is 10.0 Å². The van der Waals surface area contributed by atoms with Crippen LogP contribution in [0, 0.1) is 24.6 Å². The monoisotopic (exact) mass is 347 g/mol. The molecule has 4 rings (SSSR count). The van der Waals surface area contributed by atoms with E-state index in [1.807, 2.05) is 6.92 Å². The molecule has 2 aromatic rings. The Hall–Kier alpha value is -1.95. The molecule has 6 heteroatoms. The molecule has 1 aromatic carbocycles. The lowest BCUT2D eigenvalue weighted by molar-refractivity contribution is -0.142. The molecule has 1 amide bonds. The molecule has 0 bridgehead atoms. The van der Waals surface area contributed by atoms with Gasteiger partial charge in [0.15, 0.2) is 0 Å². The van der Waals surface area contributed by atoms with Gasteiger partial charge in [0.1, 0.15) is 11.9 Å². The molecule has 126 valence electrons. The summed E-state index contributed by atoms with van der Waals surface area (Å²) >= 11 is 1.25. The molecule has 1 N–H and O–H groups in total. The van der Waals surface area contributed by atoms with E-state index in [4.69, 9.17) is 0 Å². The molecule has 0 radical (unpaired) electrons. The first kappa shape index (κ1) is 15.6. The van der Waals surface area contributed by atoms with Crippen LogP contribution in [0.15, 0.2) is 18.2 Å².